The van der Waals surface area contributed by atoms with Crippen LogP contribution in [0.3, 0.4) is 0 Å². The molecule has 1 fully saturated rings. The van der Waals surface area contributed by atoms with E-state index in [1.165, 1.54) is 0 Å². The first-order valence-electron chi connectivity index (χ1n) is 9.76. The van der Waals surface area contributed by atoms with Crippen LogP contribution < -0.4 is 16.1 Å². The molecule has 1 unspecified atom stereocenters. The third-order valence-corrected chi connectivity index (χ3v) is 5.43. The third kappa shape index (κ3) is 3.58. The van der Waals surface area contributed by atoms with Gasteiger partial charge in [0.1, 0.15) is 5.76 Å². The number of amides is 1. The highest BCUT2D eigenvalue weighted by atomic mass is 16.3. The molecule has 1 amide bonds. The van der Waals surface area contributed by atoms with Gasteiger partial charge in [0.25, 0.3) is 5.91 Å². The lowest BCUT2D eigenvalue weighted by atomic mass is 10.0. The number of carbonyl (C=O) groups excluding carboxylic acids is 1. The van der Waals surface area contributed by atoms with Gasteiger partial charge in [0.2, 0.25) is 0 Å². The summed E-state index contributed by atoms with van der Waals surface area (Å²) in [5.41, 5.74) is 2.01. The molecule has 5 nitrogen and oxygen atoms in total. The minimum atomic E-state index is -0.206. The summed E-state index contributed by atoms with van der Waals surface area (Å²) in [6.07, 6.45) is 2.10. The molecule has 1 saturated heterocycles. The number of hydrogen-bond acceptors (Lipinski definition) is 4. The lowest BCUT2D eigenvalue weighted by Gasteiger charge is -2.12. The van der Waals surface area contributed by atoms with E-state index in [9.17, 15) is 9.59 Å². The smallest absolute Gasteiger partial charge is 0.255 e. The van der Waals surface area contributed by atoms with Crippen LogP contribution in [0.25, 0.3) is 22.3 Å². The molecule has 2 heterocycles. The van der Waals surface area contributed by atoms with Crippen molar-refractivity contribution in [2.75, 3.05) is 19.6 Å². The van der Waals surface area contributed by atoms with Crippen molar-refractivity contribution in [2.45, 2.75) is 19.8 Å². The fourth-order valence-corrected chi connectivity index (χ4v) is 3.80. The Bertz CT molecular complexity index is 1050. The number of nitrogens with one attached hydrogen (secondary N) is 2. The molecule has 1 atom stereocenters. The Morgan fingerprint density at radius 3 is 2.75 bits per heavy atom. The highest BCUT2D eigenvalue weighted by Gasteiger charge is 2.19. The molecule has 144 valence electrons. The maximum Gasteiger partial charge on any atom is 0.255 e. The topological polar surface area (TPSA) is 71.3 Å². The average Bonchev–Trinajstić information content (AvgIpc) is 3.24. The lowest BCUT2D eigenvalue weighted by molar-refractivity contribution is 0.0952. The van der Waals surface area contributed by atoms with E-state index >= 15 is 0 Å². The molecule has 0 aliphatic carbocycles. The zero-order valence-corrected chi connectivity index (χ0v) is 16.0. The molecule has 2 N–H and O–H groups in total. The third-order valence-electron chi connectivity index (χ3n) is 5.43. The van der Waals surface area contributed by atoms with Crippen LogP contribution in [0.15, 0.2) is 57.7 Å². The Morgan fingerprint density at radius 2 is 2.00 bits per heavy atom. The summed E-state index contributed by atoms with van der Waals surface area (Å²) in [5.74, 6) is 0.913. The summed E-state index contributed by atoms with van der Waals surface area (Å²) in [6, 6.07) is 14.7. The van der Waals surface area contributed by atoms with Gasteiger partial charge in [-0.2, -0.15) is 0 Å². The second kappa shape index (κ2) is 7.98. The normalized spacial score (nSPS) is 16.4. The van der Waals surface area contributed by atoms with Crippen LogP contribution in [0, 0.1) is 12.8 Å². The van der Waals surface area contributed by atoms with E-state index < -0.39 is 0 Å². The quantitative estimate of drug-likeness (QED) is 0.715. The molecule has 0 bridgehead atoms. The Labute approximate surface area is 163 Å². The van der Waals surface area contributed by atoms with Crippen LogP contribution in [0.5, 0.6) is 0 Å². The predicted molar refractivity (Wildman–Crippen MR) is 111 cm³/mol. The molecule has 0 spiro atoms. The van der Waals surface area contributed by atoms with Gasteiger partial charge >= 0.3 is 0 Å². The first-order chi connectivity index (χ1) is 13.6. The SMILES string of the molecule is Cc1c(-c2ccccc2)oc2c(C(=O)NCCC3CCNC3)cccc2c1=O. The lowest BCUT2D eigenvalue weighted by Crippen LogP contribution is -2.27. The molecule has 1 aliphatic rings. The number of rotatable bonds is 5. The zero-order valence-electron chi connectivity index (χ0n) is 16.0. The molecule has 4 rings (SSSR count). The Hall–Kier alpha value is -2.92. The van der Waals surface area contributed by atoms with Gasteiger partial charge in [0.15, 0.2) is 11.0 Å². The van der Waals surface area contributed by atoms with E-state index in [0.29, 0.717) is 40.3 Å². The Kier molecular flexibility index (Phi) is 5.26. The van der Waals surface area contributed by atoms with Crippen LogP contribution in [-0.2, 0) is 0 Å². The first kappa shape index (κ1) is 18.4. The maximum absolute atomic E-state index is 12.9. The highest BCUT2D eigenvalue weighted by Crippen LogP contribution is 2.27. The van der Waals surface area contributed by atoms with E-state index in [-0.39, 0.29) is 11.3 Å². The molecular formula is C23H24N2O3. The van der Waals surface area contributed by atoms with Gasteiger partial charge in [-0.05, 0) is 50.9 Å². The number of benzene rings is 2. The van der Waals surface area contributed by atoms with Crippen LogP contribution in [0.4, 0.5) is 0 Å². The molecule has 28 heavy (non-hydrogen) atoms. The molecular weight excluding hydrogens is 352 g/mol. The molecule has 1 aromatic heterocycles. The van der Waals surface area contributed by atoms with Crippen molar-refractivity contribution in [3.05, 3.63) is 69.9 Å². The van der Waals surface area contributed by atoms with Gasteiger partial charge < -0.3 is 15.1 Å². The van der Waals surface area contributed by atoms with Crippen molar-refractivity contribution in [1.82, 2.24) is 10.6 Å². The molecule has 5 heteroatoms. The van der Waals surface area contributed by atoms with Gasteiger partial charge in [0, 0.05) is 17.7 Å². The van der Waals surface area contributed by atoms with Crippen LogP contribution in [0.2, 0.25) is 0 Å². The van der Waals surface area contributed by atoms with E-state index in [2.05, 4.69) is 10.6 Å². The molecule has 0 saturated carbocycles. The zero-order chi connectivity index (χ0) is 19.5. The summed E-state index contributed by atoms with van der Waals surface area (Å²) >= 11 is 0. The minimum Gasteiger partial charge on any atom is -0.455 e. The number of hydrogen-bond donors (Lipinski definition) is 2. The van der Waals surface area contributed by atoms with Gasteiger partial charge in [-0.15, -0.1) is 0 Å². The maximum atomic E-state index is 12.9. The second-order valence-electron chi connectivity index (χ2n) is 7.34. The van der Waals surface area contributed by atoms with Crippen molar-refractivity contribution < 1.29 is 9.21 Å². The molecule has 0 radical (unpaired) electrons. The first-order valence-corrected chi connectivity index (χ1v) is 9.76. The monoisotopic (exact) mass is 376 g/mol. The molecule has 3 aromatic rings. The number of para-hydroxylation sites is 1. The summed E-state index contributed by atoms with van der Waals surface area (Å²) in [6.45, 7) is 4.44. The van der Waals surface area contributed by atoms with Crippen molar-refractivity contribution in [2.24, 2.45) is 5.92 Å². The molecule has 1 aliphatic heterocycles. The number of carbonyl (C=O) groups is 1. The van der Waals surface area contributed by atoms with Gasteiger partial charge in [-0.3, -0.25) is 9.59 Å². The van der Waals surface area contributed by atoms with E-state index in [1.54, 1.807) is 25.1 Å². The summed E-state index contributed by atoms with van der Waals surface area (Å²) < 4.78 is 6.12. The molecule has 2 aromatic carbocycles. The second-order valence-corrected chi connectivity index (χ2v) is 7.34. The minimum absolute atomic E-state index is 0.105. The van der Waals surface area contributed by atoms with Crippen molar-refractivity contribution in [3.63, 3.8) is 0 Å². The van der Waals surface area contributed by atoms with Gasteiger partial charge in [-0.1, -0.05) is 36.4 Å². The van der Waals surface area contributed by atoms with E-state index in [1.807, 2.05) is 30.3 Å². The van der Waals surface area contributed by atoms with Crippen molar-refractivity contribution in [3.8, 4) is 11.3 Å². The average molecular weight is 376 g/mol. The van der Waals surface area contributed by atoms with E-state index in [4.69, 9.17) is 4.42 Å². The van der Waals surface area contributed by atoms with Crippen LogP contribution in [-0.4, -0.2) is 25.5 Å². The summed E-state index contributed by atoms with van der Waals surface area (Å²) in [7, 11) is 0. The Morgan fingerprint density at radius 1 is 1.18 bits per heavy atom. The van der Waals surface area contributed by atoms with E-state index in [0.717, 1.165) is 31.5 Å². The summed E-state index contributed by atoms with van der Waals surface area (Å²) in [5, 5.41) is 6.75. The van der Waals surface area contributed by atoms with Crippen LogP contribution in [0.1, 0.15) is 28.8 Å². The number of fused-ring (bicyclic) bond motifs is 1. The van der Waals surface area contributed by atoms with Crippen LogP contribution >= 0.6 is 0 Å². The van der Waals surface area contributed by atoms with Crippen molar-refractivity contribution >= 4 is 16.9 Å². The van der Waals surface area contributed by atoms with Gasteiger partial charge in [0.05, 0.1) is 10.9 Å². The fourth-order valence-electron chi connectivity index (χ4n) is 3.80. The highest BCUT2D eigenvalue weighted by molar-refractivity contribution is 6.05. The van der Waals surface area contributed by atoms with Crippen molar-refractivity contribution in [1.29, 1.82) is 0 Å². The fraction of sp³-hybridized carbons (Fsp3) is 0.304. The standard InChI is InChI=1S/C23H24N2O3/c1-15-20(26)18-8-5-9-19(23(27)25-13-11-16-10-12-24-14-16)22(18)28-21(15)17-6-3-2-4-7-17/h2-9,16,24H,10-14H2,1H3,(H,25,27). The Balaban J connectivity index is 1.67. The van der Waals surface area contributed by atoms with Gasteiger partial charge in [-0.25, -0.2) is 0 Å². The summed E-state index contributed by atoms with van der Waals surface area (Å²) in [4.78, 5) is 25.7. The predicted octanol–water partition coefficient (Wildman–Crippen LogP) is 3.50. The largest absolute Gasteiger partial charge is 0.455 e.